The molecule has 0 fully saturated rings. The molecule has 0 saturated carbocycles. The number of hydrogen-bond donors (Lipinski definition) is 1. The van der Waals surface area contributed by atoms with Crippen molar-refractivity contribution in [2.75, 3.05) is 13.6 Å². The molecule has 11 heavy (non-hydrogen) atoms. The van der Waals surface area contributed by atoms with E-state index in [-0.39, 0.29) is 0 Å². The van der Waals surface area contributed by atoms with E-state index in [1.807, 2.05) is 13.1 Å². The summed E-state index contributed by atoms with van der Waals surface area (Å²) in [5.41, 5.74) is 1.31. The van der Waals surface area contributed by atoms with Crippen LogP contribution >= 0.6 is 0 Å². The Labute approximate surface area is 69.5 Å². The maximum absolute atomic E-state index is 3.62. The summed E-state index contributed by atoms with van der Waals surface area (Å²) < 4.78 is 0. The minimum atomic E-state index is 0.929. The molecule has 62 valence electrons. The van der Waals surface area contributed by atoms with E-state index in [2.05, 4.69) is 31.0 Å². The molecule has 0 saturated heterocycles. The number of rotatable bonds is 5. The van der Waals surface area contributed by atoms with Gasteiger partial charge in [0.25, 0.3) is 0 Å². The highest BCUT2D eigenvalue weighted by Gasteiger charge is 1.86. The molecular weight excluding hydrogens is 134 g/mol. The van der Waals surface area contributed by atoms with Crippen LogP contribution in [0.4, 0.5) is 0 Å². The van der Waals surface area contributed by atoms with Crippen LogP contribution in [0.25, 0.3) is 0 Å². The summed E-state index contributed by atoms with van der Waals surface area (Å²) >= 11 is 0. The van der Waals surface area contributed by atoms with Gasteiger partial charge in [-0.15, -0.1) is 0 Å². The monoisotopic (exact) mass is 151 g/mol. The molecule has 0 aromatic carbocycles. The van der Waals surface area contributed by atoms with Crippen molar-refractivity contribution < 1.29 is 0 Å². The van der Waals surface area contributed by atoms with Crippen molar-refractivity contribution in [2.45, 2.75) is 13.3 Å². The summed E-state index contributed by atoms with van der Waals surface area (Å²) in [7, 11) is 1.95. The average molecular weight is 151 g/mol. The topological polar surface area (TPSA) is 12.0 Å². The van der Waals surface area contributed by atoms with Crippen molar-refractivity contribution in [1.29, 1.82) is 0 Å². The van der Waals surface area contributed by atoms with Gasteiger partial charge in [0, 0.05) is 6.54 Å². The Morgan fingerprint density at radius 1 is 1.55 bits per heavy atom. The van der Waals surface area contributed by atoms with Crippen molar-refractivity contribution in [3.63, 3.8) is 0 Å². The molecule has 0 spiro atoms. The maximum atomic E-state index is 3.62. The molecule has 0 heterocycles. The third kappa shape index (κ3) is 5.62. The highest BCUT2D eigenvalue weighted by molar-refractivity contribution is 5.22. The van der Waals surface area contributed by atoms with Gasteiger partial charge < -0.3 is 5.32 Å². The summed E-state index contributed by atoms with van der Waals surface area (Å²) in [4.78, 5) is 0. The van der Waals surface area contributed by atoms with Crippen molar-refractivity contribution in [1.82, 2.24) is 5.32 Å². The number of hydrogen-bond acceptors (Lipinski definition) is 1. The van der Waals surface area contributed by atoms with E-state index < -0.39 is 0 Å². The van der Waals surface area contributed by atoms with Gasteiger partial charge in [-0.25, -0.2) is 0 Å². The number of likely N-dealkylation sites (N-methyl/N-ethyl adjacent to an activating group) is 1. The van der Waals surface area contributed by atoms with Crippen molar-refractivity contribution >= 4 is 0 Å². The second kappa shape index (κ2) is 7.29. The van der Waals surface area contributed by atoms with Gasteiger partial charge in [0.05, 0.1) is 0 Å². The largest absolute Gasteiger partial charge is 0.316 e. The Bertz CT molecular complexity index is 154. The molecule has 0 aromatic rings. The normalized spacial score (nSPS) is 12.4. The molecular formula is C10H17N. The summed E-state index contributed by atoms with van der Waals surface area (Å²) in [5, 5.41) is 3.11. The Hall–Kier alpha value is -0.820. The molecule has 0 amide bonds. The molecule has 0 aliphatic carbocycles. The van der Waals surface area contributed by atoms with Crippen LogP contribution in [0.2, 0.25) is 0 Å². The quantitative estimate of drug-likeness (QED) is 0.594. The lowest BCUT2D eigenvalue weighted by atomic mass is 10.2. The van der Waals surface area contributed by atoms with Crippen molar-refractivity contribution in [2.24, 2.45) is 0 Å². The second-order valence-electron chi connectivity index (χ2n) is 2.31. The zero-order valence-corrected chi connectivity index (χ0v) is 7.43. The lowest BCUT2D eigenvalue weighted by Gasteiger charge is -1.98. The van der Waals surface area contributed by atoms with Gasteiger partial charge in [0.15, 0.2) is 0 Å². The van der Waals surface area contributed by atoms with Crippen molar-refractivity contribution in [3.8, 4) is 0 Å². The lowest BCUT2D eigenvalue weighted by molar-refractivity contribution is 0.890. The van der Waals surface area contributed by atoms with E-state index in [0.717, 1.165) is 13.0 Å². The van der Waals surface area contributed by atoms with Gasteiger partial charge in [0.1, 0.15) is 0 Å². The minimum Gasteiger partial charge on any atom is -0.316 e. The Morgan fingerprint density at radius 2 is 2.27 bits per heavy atom. The molecule has 0 bridgehead atoms. The van der Waals surface area contributed by atoms with Crippen LogP contribution in [-0.2, 0) is 0 Å². The fraction of sp³-hybridized carbons (Fsp3) is 0.400. The Morgan fingerprint density at radius 3 is 2.73 bits per heavy atom. The summed E-state index contributed by atoms with van der Waals surface area (Å²) in [6.45, 7) is 6.68. The van der Waals surface area contributed by atoms with Crippen molar-refractivity contribution in [3.05, 3.63) is 36.5 Å². The van der Waals surface area contributed by atoms with Crippen LogP contribution in [0.15, 0.2) is 36.5 Å². The first-order valence-electron chi connectivity index (χ1n) is 3.97. The molecule has 0 atom stereocenters. The van der Waals surface area contributed by atoms with Gasteiger partial charge in [-0.05, 0) is 19.0 Å². The molecule has 1 heteroatoms. The van der Waals surface area contributed by atoms with Crippen LogP contribution in [0, 0.1) is 0 Å². The predicted molar refractivity (Wildman–Crippen MR) is 51.6 cm³/mol. The van der Waals surface area contributed by atoms with Gasteiger partial charge in [-0.3, -0.25) is 0 Å². The third-order valence-electron chi connectivity index (χ3n) is 1.29. The highest BCUT2D eigenvalue weighted by atomic mass is 14.8. The smallest absolute Gasteiger partial charge is 0.0199 e. The van der Waals surface area contributed by atoms with Crippen LogP contribution in [0.3, 0.4) is 0 Å². The average Bonchev–Trinajstić information content (AvgIpc) is 2.01. The molecule has 0 rings (SSSR count). The molecule has 0 radical (unpaired) electrons. The number of allylic oxidation sites excluding steroid dienone is 3. The number of nitrogens with one attached hydrogen (secondary N) is 1. The standard InChI is InChI=1S/C10H17N/c1-4-6-8-10(7-5-2)9-11-3/h4,6-8,11H,1,5,9H2,2-3H3/b8-6-,10-7+. The Balaban J connectivity index is 3.98. The molecule has 1 nitrogen and oxygen atoms in total. The highest BCUT2D eigenvalue weighted by Crippen LogP contribution is 1.97. The van der Waals surface area contributed by atoms with Crippen LogP contribution in [0.5, 0.6) is 0 Å². The molecule has 0 aliphatic heterocycles. The zero-order chi connectivity index (χ0) is 8.53. The van der Waals surface area contributed by atoms with Crippen LogP contribution in [0.1, 0.15) is 13.3 Å². The predicted octanol–water partition coefficient (Wildman–Crippen LogP) is 2.28. The summed E-state index contributed by atoms with van der Waals surface area (Å²) in [5.74, 6) is 0. The summed E-state index contributed by atoms with van der Waals surface area (Å²) in [6.07, 6.45) is 9.11. The molecule has 1 N–H and O–H groups in total. The SMILES string of the molecule is C=C/C=C\C(=C/CC)CNC. The second-order valence-corrected chi connectivity index (χ2v) is 2.31. The maximum Gasteiger partial charge on any atom is 0.0199 e. The fourth-order valence-electron chi connectivity index (χ4n) is 0.857. The van der Waals surface area contributed by atoms with E-state index in [1.54, 1.807) is 6.08 Å². The first-order valence-corrected chi connectivity index (χ1v) is 3.97. The van der Waals surface area contributed by atoms with Gasteiger partial charge >= 0.3 is 0 Å². The van der Waals surface area contributed by atoms with E-state index in [0.29, 0.717) is 0 Å². The van der Waals surface area contributed by atoms with E-state index in [4.69, 9.17) is 0 Å². The van der Waals surface area contributed by atoms with E-state index in [1.165, 1.54) is 5.57 Å². The third-order valence-corrected chi connectivity index (χ3v) is 1.29. The first-order chi connectivity index (χ1) is 5.35. The molecule has 0 aliphatic rings. The fourth-order valence-corrected chi connectivity index (χ4v) is 0.857. The van der Waals surface area contributed by atoms with Gasteiger partial charge in [-0.1, -0.05) is 37.8 Å². The van der Waals surface area contributed by atoms with Gasteiger partial charge in [0.2, 0.25) is 0 Å². The van der Waals surface area contributed by atoms with Crippen LogP contribution in [-0.4, -0.2) is 13.6 Å². The van der Waals surface area contributed by atoms with E-state index in [9.17, 15) is 0 Å². The zero-order valence-electron chi connectivity index (χ0n) is 7.43. The van der Waals surface area contributed by atoms with E-state index >= 15 is 0 Å². The first kappa shape index (κ1) is 10.2. The van der Waals surface area contributed by atoms with Gasteiger partial charge in [-0.2, -0.15) is 0 Å². The van der Waals surface area contributed by atoms with Crippen LogP contribution < -0.4 is 5.32 Å². The Kier molecular flexibility index (Phi) is 6.75. The lowest BCUT2D eigenvalue weighted by Crippen LogP contribution is -2.08. The minimum absolute atomic E-state index is 0.929. The molecule has 0 unspecified atom stereocenters. The summed E-state index contributed by atoms with van der Waals surface area (Å²) in [6, 6.07) is 0. The molecule has 0 aromatic heterocycles.